The van der Waals surface area contributed by atoms with Crippen LogP contribution in [0.3, 0.4) is 0 Å². The molecule has 0 unspecified atom stereocenters. The van der Waals surface area contributed by atoms with Crippen molar-refractivity contribution in [1.82, 2.24) is 5.32 Å². The van der Waals surface area contributed by atoms with Crippen LogP contribution >= 0.6 is 0 Å². The number of nitrogens with one attached hydrogen (secondary N) is 1. The standard InChI is InChI=1S/C22H23F2NO4.C2H6/c1-3-14(5-8-22(27)28)9-18(4-2)25-13-19(26)21-7-6-20(29-21)15-10-16(23)12-17(24)11-15;1-2/h4,6-7,9-12,25H,3,5,8,13H2,1-2H3,(H,27,28);1-2H3/b14-9+,18-4+;. The molecule has 7 heteroatoms. The Kier molecular flexibility index (Phi) is 11.0. The first-order valence-electron chi connectivity index (χ1n) is 10.2. The van der Waals surface area contributed by atoms with E-state index in [1.807, 2.05) is 26.8 Å². The Labute approximate surface area is 181 Å². The van der Waals surface area contributed by atoms with Crippen molar-refractivity contribution in [2.75, 3.05) is 6.54 Å². The van der Waals surface area contributed by atoms with Crippen LogP contribution in [0.1, 0.15) is 57.5 Å². The molecule has 0 aliphatic rings. The van der Waals surface area contributed by atoms with Crippen molar-refractivity contribution in [1.29, 1.82) is 0 Å². The minimum atomic E-state index is -0.860. The number of allylic oxidation sites excluding steroid dienone is 3. The van der Waals surface area contributed by atoms with Crippen molar-refractivity contribution < 1.29 is 27.9 Å². The Hall–Kier alpha value is -3.22. The maximum Gasteiger partial charge on any atom is 0.303 e. The maximum atomic E-state index is 13.4. The molecule has 2 N–H and O–H groups in total. The second kappa shape index (κ2) is 13.2. The van der Waals surface area contributed by atoms with Crippen LogP contribution in [0.4, 0.5) is 8.78 Å². The van der Waals surface area contributed by atoms with Crippen LogP contribution in [0.15, 0.2) is 58.2 Å². The predicted molar refractivity (Wildman–Crippen MR) is 117 cm³/mol. The van der Waals surface area contributed by atoms with Crippen LogP contribution in [-0.2, 0) is 4.79 Å². The van der Waals surface area contributed by atoms with Crippen molar-refractivity contribution in [3.05, 3.63) is 71.1 Å². The lowest BCUT2D eigenvalue weighted by atomic mass is 10.1. The van der Waals surface area contributed by atoms with E-state index in [0.29, 0.717) is 18.5 Å². The number of hydrogen-bond acceptors (Lipinski definition) is 4. The average molecular weight is 433 g/mol. The van der Waals surface area contributed by atoms with Crippen LogP contribution < -0.4 is 5.32 Å². The molecule has 0 radical (unpaired) electrons. The summed E-state index contributed by atoms with van der Waals surface area (Å²) in [5, 5.41) is 11.8. The Morgan fingerprint density at radius 1 is 1.10 bits per heavy atom. The van der Waals surface area contributed by atoms with Gasteiger partial charge < -0.3 is 14.8 Å². The van der Waals surface area contributed by atoms with Crippen molar-refractivity contribution in [2.24, 2.45) is 0 Å². The number of aliphatic carboxylic acids is 1. The van der Waals surface area contributed by atoms with Crippen molar-refractivity contribution in [3.63, 3.8) is 0 Å². The maximum absolute atomic E-state index is 13.4. The normalized spacial score (nSPS) is 11.5. The zero-order valence-electron chi connectivity index (χ0n) is 18.3. The highest BCUT2D eigenvalue weighted by Gasteiger charge is 2.14. The summed E-state index contributed by atoms with van der Waals surface area (Å²) >= 11 is 0. The number of carbonyl (C=O) groups is 2. The fourth-order valence-electron chi connectivity index (χ4n) is 2.68. The van der Waals surface area contributed by atoms with Crippen molar-refractivity contribution >= 4 is 11.8 Å². The summed E-state index contributed by atoms with van der Waals surface area (Å²) in [6.07, 6.45) is 4.80. The Morgan fingerprint density at radius 3 is 2.29 bits per heavy atom. The van der Waals surface area contributed by atoms with E-state index >= 15 is 0 Å². The number of benzene rings is 1. The van der Waals surface area contributed by atoms with Crippen LogP contribution in [0.25, 0.3) is 11.3 Å². The molecule has 31 heavy (non-hydrogen) atoms. The minimum absolute atomic E-state index is 0.0451. The molecule has 0 atom stereocenters. The molecular formula is C24H29F2NO4. The van der Waals surface area contributed by atoms with Crippen molar-refractivity contribution in [2.45, 2.75) is 47.0 Å². The lowest BCUT2D eigenvalue weighted by Gasteiger charge is -2.09. The Morgan fingerprint density at radius 2 is 1.74 bits per heavy atom. The number of carboxylic acids is 1. The summed E-state index contributed by atoms with van der Waals surface area (Å²) in [6.45, 7) is 7.69. The molecule has 5 nitrogen and oxygen atoms in total. The largest absolute Gasteiger partial charge is 0.481 e. The summed E-state index contributed by atoms with van der Waals surface area (Å²) in [6, 6.07) is 5.95. The molecule has 0 spiro atoms. The van der Waals surface area contributed by atoms with Gasteiger partial charge in [-0.1, -0.05) is 32.4 Å². The topological polar surface area (TPSA) is 79.5 Å². The summed E-state index contributed by atoms with van der Waals surface area (Å²) in [5.74, 6) is -2.39. The third kappa shape index (κ3) is 8.58. The number of carboxylic acid groups (broad SMARTS) is 1. The molecule has 2 aromatic rings. The van der Waals surface area contributed by atoms with E-state index < -0.39 is 17.6 Å². The molecule has 0 saturated heterocycles. The van der Waals surface area contributed by atoms with E-state index in [2.05, 4.69) is 5.32 Å². The first kappa shape index (κ1) is 25.8. The van der Waals surface area contributed by atoms with Gasteiger partial charge in [0.2, 0.25) is 5.78 Å². The fourth-order valence-corrected chi connectivity index (χ4v) is 2.68. The Balaban J connectivity index is 0.00000233. The minimum Gasteiger partial charge on any atom is -0.481 e. The third-order valence-electron chi connectivity index (χ3n) is 4.27. The molecule has 2 rings (SSSR count). The van der Waals surface area contributed by atoms with Gasteiger partial charge in [-0.15, -0.1) is 0 Å². The second-order valence-electron chi connectivity index (χ2n) is 6.39. The number of furan rings is 1. The molecule has 1 aromatic carbocycles. The SMILES string of the molecule is C/C=C(\C=C(/CC)CCC(=O)O)NCC(=O)c1ccc(-c2cc(F)cc(F)c2)o1.CC. The number of ketones is 1. The zero-order chi connectivity index (χ0) is 23.4. The van der Waals surface area contributed by atoms with Gasteiger partial charge >= 0.3 is 5.97 Å². The van der Waals surface area contributed by atoms with Crippen molar-refractivity contribution in [3.8, 4) is 11.3 Å². The van der Waals surface area contributed by atoms with Gasteiger partial charge in [-0.25, -0.2) is 8.78 Å². The van der Waals surface area contributed by atoms with Gasteiger partial charge in [0.15, 0.2) is 5.76 Å². The predicted octanol–water partition coefficient (Wildman–Crippen LogP) is 6.13. The molecule has 0 aliphatic heterocycles. The lowest BCUT2D eigenvalue weighted by molar-refractivity contribution is -0.136. The number of halogens is 2. The molecular weight excluding hydrogens is 404 g/mol. The van der Waals surface area contributed by atoms with Crippen LogP contribution in [0.2, 0.25) is 0 Å². The molecule has 0 amide bonds. The van der Waals surface area contributed by atoms with E-state index in [1.165, 1.54) is 12.1 Å². The summed E-state index contributed by atoms with van der Waals surface area (Å²) < 4.78 is 32.2. The van der Waals surface area contributed by atoms with Gasteiger partial charge in [0, 0.05) is 23.7 Å². The molecule has 0 saturated carbocycles. The summed E-state index contributed by atoms with van der Waals surface area (Å²) in [5.41, 5.74) is 1.85. The van der Waals surface area contributed by atoms with Gasteiger partial charge in [0.25, 0.3) is 0 Å². The molecule has 0 bridgehead atoms. The number of rotatable bonds is 10. The number of carbonyl (C=O) groups excluding carboxylic acids is 1. The first-order chi connectivity index (χ1) is 14.8. The fraction of sp³-hybridized carbons (Fsp3) is 0.333. The van der Waals surface area contributed by atoms with Gasteiger partial charge in [-0.3, -0.25) is 9.59 Å². The molecule has 1 heterocycles. The van der Waals surface area contributed by atoms with Gasteiger partial charge in [-0.05, 0) is 50.1 Å². The van der Waals surface area contributed by atoms with E-state index in [1.54, 1.807) is 13.0 Å². The molecule has 0 aliphatic carbocycles. The second-order valence-corrected chi connectivity index (χ2v) is 6.39. The summed E-state index contributed by atoms with van der Waals surface area (Å²) in [4.78, 5) is 23.1. The monoisotopic (exact) mass is 433 g/mol. The smallest absolute Gasteiger partial charge is 0.303 e. The quantitative estimate of drug-likeness (QED) is 0.348. The Bertz CT molecular complexity index is 925. The van der Waals surface area contributed by atoms with Crippen LogP contribution in [-0.4, -0.2) is 23.4 Å². The molecule has 168 valence electrons. The van der Waals surface area contributed by atoms with Gasteiger partial charge in [0.1, 0.15) is 17.4 Å². The van der Waals surface area contributed by atoms with Crippen LogP contribution in [0, 0.1) is 11.6 Å². The average Bonchev–Trinajstić information content (AvgIpc) is 3.24. The highest BCUT2D eigenvalue weighted by Crippen LogP contribution is 2.24. The highest BCUT2D eigenvalue weighted by molar-refractivity contribution is 5.95. The lowest BCUT2D eigenvalue weighted by Crippen LogP contribution is -2.21. The van der Waals surface area contributed by atoms with E-state index in [4.69, 9.17) is 9.52 Å². The van der Waals surface area contributed by atoms with Gasteiger partial charge in [0.05, 0.1) is 6.54 Å². The van der Waals surface area contributed by atoms with E-state index in [9.17, 15) is 18.4 Å². The third-order valence-corrected chi connectivity index (χ3v) is 4.27. The van der Waals surface area contributed by atoms with Gasteiger partial charge in [-0.2, -0.15) is 0 Å². The zero-order valence-corrected chi connectivity index (χ0v) is 18.3. The highest BCUT2D eigenvalue weighted by atomic mass is 19.1. The number of Topliss-reactive ketones (excluding diaryl/α,β-unsaturated/α-hetero) is 1. The number of hydrogen-bond donors (Lipinski definition) is 2. The molecule has 1 aromatic heterocycles. The van der Waals surface area contributed by atoms with Crippen LogP contribution in [0.5, 0.6) is 0 Å². The summed E-state index contributed by atoms with van der Waals surface area (Å²) in [7, 11) is 0. The molecule has 0 fully saturated rings. The van der Waals surface area contributed by atoms with E-state index in [-0.39, 0.29) is 35.8 Å². The van der Waals surface area contributed by atoms with E-state index in [0.717, 1.165) is 23.8 Å². The first-order valence-corrected chi connectivity index (χ1v) is 10.2.